The van der Waals surface area contributed by atoms with Gasteiger partial charge in [0.2, 0.25) is 5.91 Å². The molecule has 2 heterocycles. The molecule has 0 atom stereocenters. The lowest BCUT2D eigenvalue weighted by Gasteiger charge is -2.00. The molecule has 0 radical (unpaired) electrons. The number of amides is 1. The van der Waals surface area contributed by atoms with Crippen molar-refractivity contribution < 1.29 is 4.79 Å². The molecule has 0 bridgehead atoms. The normalized spacial score (nSPS) is 10.3. The molecule has 0 aliphatic rings. The number of hydrogen-bond acceptors (Lipinski definition) is 3. The number of thiophene rings is 1. The lowest BCUT2D eigenvalue weighted by molar-refractivity contribution is -0.116. The summed E-state index contributed by atoms with van der Waals surface area (Å²) in [5.41, 5.74) is 1.21. The highest BCUT2D eigenvalue weighted by molar-refractivity contribution is 7.07. The van der Waals surface area contributed by atoms with E-state index < -0.39 is 0 Å². The van der Waals surface area contributed by atoms with Crippen LogP contribution in [0.3, 0.4) is 0 Å². The van der Waals surface area contributed by atoms with Crippen LogP contribution in [-0.4, -0.2) is 15.7 Å². The largest absolute Gasteiger partial charge is 0.309 e. The molecule has 16 heavy (non-hydrogen) atoms. The molecule has 0 spiro atoms. The Morgan fingerprint density at radius 3 is 3.06 bits per heavy atom. The number of aromatic nitrogens is 2. The zero-order valence-corrected chi connectivity index (χ0v) is 9.83. The highest BCUT2D eigenvalue weighted by atomic mass is 32.1. The van der Waals surface area contributed by atoms with Gasteiger partial charge >= 0.3 is 0 Å². The van der Waals surface area contributed by atoms with Gasteiger partial charge in [0.05, 0.1) is 0 Å². The van der Waals surface area contributed by atoms with Crippen molar-refractivity contribution in [2.45, 2.75) is 12.8 Å². The van der Waals surface area contributed by atoms with E-state index in [1.54, 1.807) is 28.3 Å². The fraction of sp³-hybridized carbons (Fsp3) is 0.273. The van der Waals surface area contributed by atoms with Gasteiger partial charge in [-0.05, 0) is 28.8 Å². The summed E-state index contributed by atoms with van der Waals surface area (Å²) in [5, 5.41) is 10.9. The first-order chi connectivity index (χ1) is 7.74. The van der Waals surface area contributed by atoms with Gasteiger partial charge in [0.1, 0.15) is 0 Å². The summed E-state index contributed by atoms with van der Waals surface area (Å²) in [6, 6.07) is 3.82. The fourth-order valence-electron chi connectivity index (χ4n) is 1.38. The van der Waals surface area contributed by atoms with Gasteiger partial charge in [-0.3, -0.25) is 9.48 Å². The molecule has 0 aromatic carbocycles. The molecule has 0 saturated heterocycles. The van der Waals surface area contributed by atoms with Crippen molar-refractivity contribution in [3.8, 4) is 0 Å². The van der Waals surface area contributed by atoms with Gasteiger partial charge in [-0.25, -0.2) is 0 Å². The molecule has 1 amide bonds. The third-order valence-electron chi connectivity index (χ3n) is 2.20. The molecule has 5 heteroatoms. The monoisotopic (exact) mass is 235 g/mol. The number of nitrogens with one attached hydrogen (secondary N) is 1. The summed E-state index contributed by atoms with van der Waals surface area (Å²) >= 11 is 1.65. The molecule has 1 N–H and O–H groups in total. The first-order valence-electron chi connectivity index (χ1n) is 5.04. The Kier molecular flexibility index (Phi) is 3.36. The van der Waals surface area contributed by atoms with E-state index in [2.05, 4.69) is 15.8 Å². The molecule has 4 nitrogen and oxygen atoms in total. The van der Waals surface area contributed by atoms with Crippen molar-refractivity contribution in [2.24, 2.45) is 7.05 Å². The Morgan fingerprint density at radius 2 is 2.44 bits per heavy atom. The topological polar surface area (TPSA) is 46.9 Å². The van der Waals surface area contributed by atoms with E-state index in [4.69, 9.17) is 0 Å². The average molecular weight is 235 g/mol. The zero-order chi connectivity index (χ0) is 11.4. The van der Waals surface area contributed by atoms with Crippen LogP contribution in [0.15, 0.2) is 29.1 Å². The molecule has 0 aliphatic heterocycles. The maximum absolute atomic E-state index is 11.6. The van der Waals surface area contributed by atoms with Crippen LogP contribution in [0.25, 0.3) is 0 Å². The van der Waals surface area contributed by atoms with Gasteiger partial charge in [-0.15, -0.1) is 0 Å². The van der Waals surface area contributed by atoms with Gasteiger partial charge < -0.3 is 5.32 Å². The lowest BCUT2D eigenvalue weighted by Crippen LogP contribution is -2.12. The number of hydrogen-bond donors (Lipinski definition) is 1. The van der Waals surface area contributed by atoms with Crippen LogP contribution < -0.4 is 5.32 Å². The first kappa shape index (κ1) is 10.9. The molecule has 0 saturated carbocycles. The maximum Gasteiger partial charge on any atom is 0.225 e. The lowest BCUT2D eigenvalue weighted by atomic mass is 10.2. The second-order valence-corrected chi connectivity index (χ2v) is 4.33. The van der Waals surface area contributed by atoms with Gasteiger partial charge in [0.15, 0.2) is 5.82 Å². The molecule has 84 valence electrons. The van der Waals surface area contributed by atoms with Gasteiger partial charge in [0.25, 0.3) is 0 Å². The number of carbonyl (C=O) groups excluding carboxylic acids is 1. The highest BCUT2D eigenvalue weighted by Gasteiger charge is 2.04. The van der Waals surface area contributed by atoms with Crippen LogP contribution >= 0.6 is 11.3 Å². The summed E-state index contributed by atoms with van der Waals surface area (Å²) in [6.07, 6.45) is 3.07. The minimum absolute atomic E-state index is 0.00454. The van der Waals surface area contributed by atoms with Crippen LogP contribution in [0.5, 0.6) is 0 Å². The van der Waals surface area contributed by atoms with Crippen molar-refractivity contribution in [1.29, 1.82) is 0 Å². The summed E-state index contributed by atoms with van der Waals surface area (Å²) in [7, 11) is 1.82. The van der Waals surface area contributed by atoms with E-state index in [1.807, 2.05) is 18.5 Å². The zero-order valence-electron chi connectivity index (χ0n) is 9.01. The van der Waals surface area contributed by atoms with Gasteiger partial charge in [-0.1, -0.05) is 0 Å². The summed E-state index contributed by atoms with van der Waals surface area (Å²) in [6.45, 7) is 0. The van der Waals surface area contributed by atoms with Crippen LogP contribution in [-0.2, 0) is 18.3 Å². The Labute approximate surface area is 97.9 Å². The van der Waals surface area contributed by atoms with E-state index >= 15 is 0 Å². The van der Waals surface area contributed by atoms with Crippen LogP contribution in [0, 0.1) is 0 Å². The van der Waals surface area contributed by atoms with Crippen LogP contribution in [0.4, 0.5) is 5.82 Å². The molecule has 0 aliphatic carbocycles. The second-order valence-electron chi connectivity index (χ2n) is 3.55. The SMILES string of the molecule is Cn1ccc(NC(=O)CCc2ccsc2)n1. The summed E-state index contributed by atoms with van der Waals surface area (Å²) in [5.74, 6) is 0.614. The molecule has 2 rings (SSSR count). The van der Waals surface area contributed by atoms with E-state index in [0.29, 0.717) is 12.2 Å². The number of nitrogens with zero attached hydrogens (tertiary/aromatic N) is 2. The average Bonchev–Trinajstić information content (AvgIpc) is 2.87. The summed E-state index contributed by atoms with van der Waals surface area (Å²) in [4.78, 5) is 11.6. The van der Waals surface area contributed by atoms with E-state index in [9.17, 15) is 4.79 Å². The molecule has 0 unspecified atom stereocenters. The van der Waals surface area contributed by atoms with Crippen molar-refractivity contribution in [2.75, 3.05) is 5.32 Å². The summed E-state index contributed by atoms with van der Waals surface area (Å²) < 4.78 is 1.66. The minimum atomic E-state index is 0.00454. The Hall–Kier alpha value is -1.62. The second kappa shape index (κ2) is 4.94. The number of aryl methyl sites for hydroxylation is 2. The quantitative estimate of drug-likeness (QED) is 0.881. The number of rotatable bonds is 4. The third-order valence-corrected chi connectivity index (χ3v) is 2.93. The first-order valence-corrected chi connectivity index (χ1v) is 5.99. The third kappa shape index (κ3) is 2.93. The predicted molar refractivity (Wildman–Crippen MR) is 64.5 cm³/mol. The minimum Gasteiger partial charge on any atom is -0.309 e. The molecular weight excluding hydrogens is 222 g/mol. The molecule has 2 aromatic rings. The highest BCUT2D eigenvalue weighted by Crippen LogP contribution is 2.09. The smallest absolute Gasteiger partial charge is 0.225 e. The fourth-order valence-corrected chi connectivity index (χ4v) is 2.08. The number of anilines is 1. The number of carbonyl (C=O) groups is 1. The van der Waals surface area contributed by atoms with Crippen LogP contribution in [0.2, 0.25) is 0 Å². The molecular formula is C11H13N3OS. The Morgan fingerprint density at radius 1 is 1.56 bits per heavy atom. The van der Waals surface area contributed by atoms with Crippen molar-refractivity contribution in [3.63, 3.8) is 0 Å². The van der Waals surface area contributed by atoms with Gasteiger partial charge in [-0.2, -0.15) is 16.4 Å². The Balaban J connectivity index is 1.81. The predicted octanol–water partition coefficient (Wildman–Crippen LogP) is 2.05. The molecule has 2 aromatic heterocycles. The van der Waals surface area contributed by atoms with Crippen molar-refractivity contribution >= 4 is 23.1 Å². The Bertz CT molecular complexity index is 461. The van der Waals surface area contributed by atoms with Crippen LogP contribution in [0.1, 0.15) is 12.0 Å². The van der Waals surface area contributed by atoms with E-state index in [1.165, 1.54) is 5.56 Å². The van der Waals surface area contributed by atoms with E-state index in [-0.39, 0.29) is 5.91 Å². The van der Waals surface area contributed by atoms with Crippen molar-refractivity contribution in [1.82, 2.24) is 9.78 Å². The molecule has 0 fully saturated rings. The standard InChI is InChI=1S/C11H13N3OS/c1-14-6-4-10(13-14)12-11(15)3-2-9-5-7-16-8-9/h4-8H,2-3H2,1H3,(H,12,13,15). The van der Waals surface area contributed by atoms with Gasteiger partial charge in [0, 0.05) is 25.7 Å². The maximum atomic E-state index is 11.6. The van der Waals surface area contributed by atoms with E-state index in [0.717, 1.165) is 6.42 Å². The van der Waals surface area contributed by atoms with Crippen molar-refractivity contribution in [3.05, 3.63) is 34.7 Å².